The van der Waals surface area contributed by atoms with Gasteiger partial charge in [0.15, 0.2) is 0 Å². The highest BCUT2D eigenvalue weighted by Gasteiger charge is 2.19. The first-order chi connectivity index (χ1) is 14.8. The zero-order valence-electron chi connectivity index (χ0n) is 15.7. The van der Waals surface area contributed by atoms with Gasteiger partial charge in [-0.2, -0.15) is 0 Å². The summed E-state index contributed by atoms with van der Waals surface area (Å²) in [5.74, 6) is 0.894. The number of rotatable bonds is 1. The van der Waals surface area contributed by atoms with Crippen molar-refractivity contribution in [3.05, 3.63) is 89.4 Å². The van der Waals surface area contributed by atoms with Crippen LogP contribution in [0.4, 0.5) is 0 Å². The van der Waals surface area contributed by atoms with E-state index in [9.17, 15) is 0 Å². The van der Waals surface area contributed by atoms with E-state index in [-0.39, 0.29) is 0 Å². The molecule has 0 saturated carbocycles. The van der Waals surface area contributed by atoms with Crippen LogP contribution in [-0.2, 0) is 0 Å². The van der Waals surface area contributed by atoms with Gasteiger partial charge in [-0.25, -0.2) is 4.98 Å². The zero-order valence-corrected chi connectivity index (χ0v) is 17.3. The van der Waals surface area contributed by atoms with Gasteiger partial charge in [-0.15, -0.1) is 0 Å². The van der Waals surface area contributed by atoms with Gasteiger partial charge in [0.2, 0.25) is 5.78 Å². The molecule has 4 aromatic carbocycles. The van der Waals surface area contributed by atoms with Crippen molar-refractivity contribution < 1.29 is 4.42 Å². The van der Waals surface area contributed by atoms with Gasteiger partial charge in [-0.3, -0.25) is 8.97 Å². The molecule has 0 aliphatic carbocycles. The fourth-order valence-electron chi connectivity index (χ4n) is 4.50. The Labute approximate surface area is 179 Å². The zero-order chi connectivity index (χ0) is 19.8. The van der Waals surface area contributed by atoms with Crippen LogP contribution in [0.15, 0.2) is 93.8 Å². The lowest BCUT2D eigenvalue weighted by atomic mass is 10.1. The molecule has 5 heteroatoms. The monoisotopic (exact) mass is 451 g/mol. The molecule has 7 rings (SSSR count). The fourth-order valence-corrected chi connectivity index (χ4v) is 5.04. The molecular weight excluding hydrogens is 438 g/mol. The molecule has 0 amide bonds. The van der Waals surface area contributed by atoms with Gasteiger partial charge in [0.25, 0.3) is 0 Å². The Morgan fingerprint density at radius 1 is 0.733 bits per heavy atom. The largest absolute Gasteiger partial charge is 0.456 e. The standard InChI is InChI=1S/C25H14BrN3O/c26-18-7-5-10-21-24(18)28(25-27-19-8-2-3-9-20(19)29(21)25)15-12-13-23-17(14-15)16-6-1-4-11-22(16)30-23/h1-14H. The molecular formula is C25H14BrN3O. The van der Waals surface area contributed by atoms with Crippen molar-refractivity contribution in [1.29, 1.82) is 0 Å². The molecule has 3 heterocycles. The molecule has 0 aliphatic rings. The van der Waals surface area contributed by atoms with Crippen LogP contribution in [0, 0.1) is 0 Å². The maximum absolute atomic E-state index is 6.03. The summed E-state index contributed by atoms with van der Waals surface area (Å²) >= 11 is 3.77. The van der Waals surface area contributed by atoms with E-state index in [0.29, 0.717) is 0 Å². The first-order valence-corrected chi connectivity index (χ1v) is 10.6. The van der Waals surface area contributed by atoms with Gasteiger partial charge in [-0.05, 0) is 64.5 Å². The van der Waals surface area contributed by atoms with E-state index in [1.54, 1.807) is 0 Å². The van der Waals surface area contributed by atoms with E-state index in [4.69, 9.17) is 9.40 Å². The number of para-hydroxylation sites is 4. The molecule has 0 fully saturated rings. The summed E-state index contributed by atoms with van der Waals surface area (Å²) in [4.78, 5) is 4.98. The molecule has 142 valence electrons. The Kier molecular flexibility index (Phi) is 3.11. The third-order valence-electron chi connectivity index (χ3n) is 5.79. The normalized spacial score (nSPS) is 12.2. The maximum Gasteiger partial charge on any atom is 0.220 e. The molecule has 30 heavy (non-hydrogen) atoms. The van der Waals surface area contributed by atoms with Crippen LogP contribution in [0.5, 0.6) is 0 Å². The van der Waals surface area contributed by atoms with Crippen LogP contribution >= 0.6 is 15.9 Å². The minimum absolute atomic E-state index is 0.889. The molecule has 0 atom stereocenters. The lowest BCUT2D eigenvalue weighted by Crippen LogP contribution is -1.95. The molecule has 7 aromatic rings. The van der Waals surface area contributed by atoms with Crippen molar-refractivity contribution in [2.45, 2.75) is 0 Å². The second kappa shape index (κ2) is 5.74. The lowest BCUT2D eigenvalue weighted by molar-refractivity contribution is 0.669. The van der Waals surface area contributed by atoms with Crippen molar-refractivity contribution in [3.8, 4) is 5.69 Å². The van der Waals surface area contributed by atoms with Crippen molar-refractivity contribution in [1.82, 2.24) is 14.0 Å². The van der Waals surface area contributed by atoms with Gasteiger partial charge in [0.05, 0.1) is 27.8 Å². The quantitative estimate of drug-likeness (QED) is 0.267. The summed E-state index contributed by atoms with van der Waals surface area (Å²) in [6.45, 7) is 0. The van der Waals surface area contributed by atoms with Crippen LogP contribution < -0.4 is 0 Å². The topological polar surface area (TPSA) is 35.4 Å². The average Bonchev–Trinajstić information content (AvgIpc) is 3.42. The molecule has 0 spiro atoms. The second-order valence-electron chi connectivity index (χ2n) is 7.46. The van der Waals surface area contributed by atoms with Crippen LogP contribution in [0.1, 0.15) is 0 Å². The highest BCUT2D eigenvalue weighted by atomic mass is 79.9. The van der Waals surface area contributed by atoms with Crippen LogP contribution in [0.2, 0.25) is 0 Å². The first-order valence-electron chi connectivity index (χ1n) is 9.77. The van der Waals surface area contributed by atoms with E-state index in [0.717, 1.165) is 59.9 Å². The average molecular weight is 452 g/mol. The number of fused-ring (bicyclic) bond motifs is 8. The van der Waals surface area contributed by atoms with Crippen molar-refractivity contribution in [3.63, 3.8) is 0 Å². The highest BCUT2D eigenvalue weighted by molar-refractivity contribution is 9.10. The third-order valence-corrected chi connectivity index (χ3v) is 6.43. The van der Waals surface area contributed by atoms with E-state index < -0.39 is 0 Å². The Morgan fingerprint density at radius 2 is 1.53 bits per heavy atom. The molecule has 0 aliphatic heterocycles. The summed E-state index contributed by atoms with van der Waals surface area (Å²) in [5, 5.41) is 2.22. The summed E-state index contributed by atoms with van der Waals surface area (Å²) in [7, 11) is 0. The summed E-state index contributed by atoms with van der Waals surface area (Å²) in [6.07, 6.45) is 0. The predicted molar refractivity (Wildman–Crippen MR) is 125 cm³/mol. The number of halogens is 1. The molecule has 0 saturated heterocycles. The number of benzene rings is 4. The fraction of sp³-hybridized carbons (Fsp3) is 0. The van der Waals surface area contributed by atoms with Crippen molar-refractivity contribution in [2.24, 2.45) is 0 Å². The van der Waals surface area contributed by atoms with Gasteiger partial charge in [0.1, 0.15) is 11.2 Å². The van der Waals surface area contributed by atoms with E-state index in [1.165, 1.54) is 0 Å². The van der Waals surface area contributed by atoms with E-state index >= 15 is 0 Å². The lowest BCUT2D eigenvalue weighted by Gasteiger charge is -2.07. The third kappa shape index (κ3) is 2.02. The Balaban J connectivity index is 1.67. The smallest absolute Gasteiger partial charge is 0.220 e. The predicted octanol–water partition coefficient (Wildman–Crippen LogP) is 7.09. The van der Waals surface area contributed by atoms with Crippen molar-refractivity contribution >= 4 is 65.7 Å². The first kappa shape index (κ1) is 16.3. The number of imidazole rings is 2. The number of hydrogen-bond donors (Lipinski definition) is 0. The Morgan fingerprint density at radius 3 is 2.50 bits per heavy atom. The minimum Gasteiger partial charge on any atom is -0.456 e. The Bertz CT molecular complexity index is 1770. The van der Waals surface area contributed by atoms with Gasteiger partial charge in [-0.1, -0.05) is 36.4 Å². The van der Waals surface area contributed by atoms with Crippen molar-refractivity contribution in [2.75, 3.05) is 0 Å². The summed E-state index contributed by atoms with van der Waals surface area (Å²) in [6, 6.07) is 29.1. The number of aromatic nitrogens is 3. The summed E-state index contributed by atoms with van der Waals surface area (Å²) in [5.41, 5.74) is 7.14. The van der Waals surface area contributed by atoms with E-state index in [2.05, 4.69) is 79.5 Å². The van der Waals surface area contributed by atoms with Gasteiger partial charge < -0.3 is 4.42 Å². The molecule has 0 bridgehead atoms. The number of furan rings is 1. The number of hydrogen-bond acceptors (Lipinski definition) is 2. The number of nitrogens with zero attached hydrogens (tertiary/aromatic N) is 3. The minimum atomic E-state index is 0.889. The molecule has 4 nitrogen and oxygen atoms in total. The summed E-state index contributed by atoms with van der Waals surface area (Å²) < 4.78 is 11.5. The molecule has 0 N–H and O–H groups in total. The van der Waals surface area contributed by atoms with Crippen LogP contribution in [-0.4, -0.2) is 14.0 Å². The van der Waals surface area contributed by atoms with E-state index in [1.807, 2.05) is 30.3 Å². The van der Waals surface area contributed by atoms with Gasteiger partial charge >= 0.3 is 0 Å². The van der Waals surface area contributed by atoms with Gasteiger partial charge in [0, 0.05) is 15.2 Å². The van der Waals surface area contributed by atoms with Crippen LogP contribution in [0.25, 0.3) is 55.5 Å². The molecule has 0 unspecified atom stereocenters. The second-order valence-corrected chi connectivity index (χ2v) is 8.31. The molecule has 3 aromatic heterocycles. The Hall–Kier alpha value is -3.57. The molecule has 0 radical (unpaired) electrons. The maximum atomic E-state index is 6.03. The van der Waals surface area contributed by atoms with Crippen LogP contribution in [0.3, 0.4) is 0 Å². The SMILES string of the molecule is Brc1cccc2c1n(-c1ccc3oc4ccccc4c3c1)c1nc3ccccc3n21. The highest BCUT2D eigenvalue weighted by Crippen LogP contribution is 2.36.